The Morgan fingerprint density at radius 2 is 2.32 bits per heavy atom. The maximum absolute atomic E-state index is 4.64. The third kappa shape index (κ3) is 3.42. The molecule has 2 heterocycles. The van der Waals surface area contributed by atoms with Gasteiger partial charge in [0.25, 0.3) is 0 Å². The standard InChI is InChI=1S/C15H23N3S/c1-15(2)11-18(8-9-19-15)14-12(4-3-7-16-14)10-17-13-5-6-13/h3-4,7,13,17H,5-6,8-11H2,1-2H3. The van der Waals surface area contributed by atoms with E-state index in [4.69, 9.17) is 0 Å². The van der Waals surface area contributed by atoms with Crippen LogP contribution in [0.2, 0.25) is 0 Å². The minimum Gasteiger partial charge on any atom is -0.354 e. The molecule has 0 aromatic carbocycles. The summed E-state index contributed by atoms with van der Waals surface area (Å²) in [6, 6.07) is 5.02. The quantitative estimate of drug-likeness (QED) is 0.916. The molecule has 2 fully saturated rings. The number of nitrogens with zero attached hydrogens (tertiary/aromatic N) is 2. The molecule has 1 aliphatic carbocycles. The third-order valence-electron chi connectivity index (χ3n) is 3.75. The number of thioether (sulfide) groups is 1. The highest BCUT2D eigenvalue weighted by Crippen LogP contribution is 2.32. The van der Waals surface area contributed by atoms with Crippen LogP contribution in [0.1, 0.15) is 32.3 Å². The van der Waals surface area contributed by atoms with Crippen molar-refractivity contribution >= 4 is 17.6 Å². The van der Waals surface area contributed by atoms with Crippen LogP contribution in [0.4, 0.5) is 5.82 Å². The molecule has 1 saturated heterocycles. The van der Waals surface area contributed by atoms with Gasteiger partial charge in [0.15, 0.2) is 0 Å². The molecule has 1 aliphatic heterocycles. The summed E-state index contributed by atoms with van der Waals surface area (Å²) in [4.78, 5) is 7.10. The van der Waals surface area contributed by atoms with Gasteiger partial charge < -0.3 is 10.2 Å². The zero-order valence-electron chi connectivity index (χ0n) is 11.9. The van der Waals surface area contributed by atoms with Crippen LogP contribution < -0.4 is 10.2 Å². The Kier molecular flexibility index (Phi) is 3.72. The first-order valence-corrected chi connectivity index (χ1v) is 8.19. The molecule has 0 atom stereocenters. The molecule has 0 unspecified atom stereocenters. The lowest BCUT2D eigenvalue weighted by Crippen LogP contribution is -2.44. The monoisotopic (exact) mass is 277 g/mol. The molecule has 3 rings (SSSR count). The predicted molar refractivity (Wildman–Crippen MR) is 82.8 cm³/mol. The molecule has 3 nitrogen and oxygen atoms in total. The number of rotatable bonds is 4. The van der Waals surface area contributed by atoms with E-state index in [1.165, 1.54) is 30.0 Å². The summed E-state index contributed by atoms with van der Waals surface area (Å²) in [5.74, 6) is 2.38. The fourth-order valence-electron chi connectivity index (χ4n) is 2.59. The first-order valence-electron chi connectivity index (χ1n) is 7.20. The number of aromatic nitrogens is 1. The molecule has 0 bridgehead atoms. The molecule has 19 heavy (non-hydrogen) atoms. The van der Waals surface area contributed by atoms with Gasteiger partial charge in [-0.25, -0.2) is 4.98 Å². The topological polar surface area (TPSA) is 28.2 Å². The van der Waals surface area contributed by atoms with Crippen molar-refractivity contribution < 1.29 is 0 Å². The van der Waals surface area contributed by atoms with Gasteiger partial charge in [-0.15, -0.1) is 0 Å². The van der Waals surface area contributed by atoms with Crippen LogP contribution in [0.3, 0.4) is 0 Å². The molecule has 0 radical (unpaired) electrons. The van der Waals surface area contributed by atoms with Gasteiger partial charge in [-0.2, -0.15) is 11.8 Å². The summed E-state index contributed by atoms with van der Waals surface area (Å²) in [5, 5.41) is 3.60. The van der Waals surface area contributed by atoms with E-state index >= 15 is 0 Å². The van der Waals surface area contributed by atoms with Crippen molar-refractivity contribution in [3.8, 4) is 0 Å². The molecule has 1 N–H and O–H groups in total. The smallest absolute Gasteiger partial charge is 0.133 e. The lowest BCUT2D eigenvalue weighted by atomic mass is 10.1. The summed E-state index contributed by atoms with van der Waals surface area (Å²) in [6.45, 7) is 7.81. The number of nitrogens with one attached hydrogen (secondary N) is 1. The van der Waals surface area contributed by atoms with Gasteiger partial charge in [0.05, 0.1) is 0 Å². The second-order valence-corrected chi connectivity index (χ2v) is 7.97. The van der Waals surface area contributed by atoms with Crippen molar-refractivity contribution in [3.05, 3.63) is 23.9 Å². The summed E-state index contributed by atoms with van der Waals surface area (Å²) in [7, 11) is 0. The number of hydrogen-bond donors (Lipinski definition) is 1. The van der Waals surface area contributed by atoms with E-state index in [1.807, 2.05) is 6.20 Å². The first-order chi connectivity index (χ1) is 9.14. The Hall–Kier alpha value is -0.740. The van der Waals surface area contributed by atoms with Crippen LogP contribution >= 0.6 is 11.8 Å². The highest BCUT2D eigenvalue weighted by molar-refractivity contribution is 8.00. The zero-order chi connectivity index (χ0) is 13.3. The van der Waals surface area contributed by atoms with Gasteiger partial charge >= 0.3 is 0 Å². The molecule has 0 spiro atoms. The van der Waals surface area contributed by atoms with Crippen LogP contribution in [0.5, 0.6) is 0 Å². The fourth-order valence-corrected chi connectivity index (χ4v) is 3.70. The van der Waals surface area contributed by atoms with Crippen LogP contribution in [0.25, 0.3) is 0 Å². The molecule has 1 aromatic heterocycles. The lowest BCUT2D eigenvalue weighted by Gasteiger charge is -2.39. The highest BCUT2D eigenvalue weighted by Gasteiger charge is 2.29. The number of hydrogen-bond acceptors (Lipinski definition) is 4. The average Bonchev–Trinajstić information content (AvgIpc) is 3.19. The van der Waals surface area contributed by atoms with Crippen molar-refractivity contribution in [2.75, 3.05) is 23.7 Å². The van der Waals surface area contributed by atoms with Crippen LogP contribution in [-0.4, -0.2) is 34.6 Å². The SMILES string of the molecule is CC1(C)CN(c2ncccc2CNC2CC2)CCS1. The van der Waals surface area contributed by atoms with E-state index in [9.17, 15) is 0 Å². The molecule has 1 saturated carbocycles. The van der Waals surface area contributed by atoms with Crippen LogP contribution in [0, 0.1) is 0 Å². The van der Waals surface area contributed by atoms with Gasteiger partial charge in [0, 0.05) is 47.9 Å². The molecular formula is C15H23N3S. The Morgan fingerprint density at radius 1 is 1.47 bits per heavy atom. The number of pyridine rings is 1. The largest absolute Gasteiger partial charge is 0.354 e. The van der Waals surface area contributed by atoms with Crippen LogP contribution in [0.15, 0.2) is 18.3 Å². The van der Waals surface area contributed by atoms with Crippen molar-refractivity contribution in [3.63, 3.8) is 0 Å². The molecule has 1 aromatic rings. The zero-order valence-corrected chi connectivity index (χ0v) is 12.7. The molecular weight excluding hydrogens is 254 g/mol. The lowest BCUT2D eigenvalue weighted by molar-refractivity contribution is 0.632. The summed E-state index contributed by atoms with van der Waals surface area (Å²) < 4.78 is 0.330. The Labute approximate surface area is 120 Å². The fraction of sp³-hybridized carbons (Fsp3) is 0.667. The molecule has 104 valence electrons. The van der Waals surface area contributed by atoms with Gasteiger partial charge in [-0.3, -0.25) is 0 Å². The van der Waals surface area contributed by atoms with Crippen LogP contribution in [-0.2, 0) is 6.54 Å². The Bertz CT molecular complexity index is 443. The van der Waals surface area contributed by atoms with Crippen molar-refractivity contribution in [1.29, 1.82) is 0 Å². The predicted octanol–water partition coefficient (Wildman–Crippen LogP) is 2.67. The Balaban J connectivity index is 1.74. The second-order valence-electron chi connectivity index (χ2n) is 6.17. The second kappa shape index (κ2) is 5.33. The van der Waals surface area contributed by atoms with Gasteiger partial charge in [0.2, 0.25) is 0 Å². The van der Waals surface area contributed by atoms with E-state index in [0.717, 1.165) is 25.7 Å². The summed E-state index contributed by atoms with van der Waals surface area (Å²) in [6.07, 6.45) is 4.59. The van der Waals surface area contributed by atoms with E-state index in [-0.39, 0.29) is 0 Å². The summed E-state index contributed by atoms with van der Waals surface area (Å²) >= 11 is 2.07. The highest BCUT2D eigenvalue weighted by atomic mass is 32.2. The molecule has 4 heteroatoms. The van der Waals surface area contributed by atoms with E-state index in [0.29, 0.717) is 4.75 Å². The van der Waals surface area contributed by atoms with Gasteiger partial charge in [0.1, 0.15) is 5.82 Å². The number of anilines is 1. The van der Waals surface area contributed by atoms with E-state index in [2.05, 4.69) is 52.9 Å². The Morgan fingerprint density at radius 3 is 3.05 bits per heavy atom. The van der Waals surface area contributed by atoms with Gasteiger partial charge in [-0.1, -0.05) is 6.07 Å². The normalized spacial score (nSPS) is 22.5. The average molecular weight is 277 g/mol. The van der Waals surface area contributed by atoms with Gasteiger partial charge in [-0.05, 0) is 32.8 Å². The van der Waals surface area contributed by atoms with Crippen molar-refractivity contribution in [2.45, 2.75) is 44.0 Å². The van der Waals surface area contributed by atoms with E-state index < -0.39 is 0 Å². The first kappa shape index (κ1) is 13.3. The van der Waals surface area contributed by atoms with Crippen molar-refractivity contribution in [1.82, 2.24) is 10.3 Å². The maximum Gasteiger partial charge on any atom is 0.133 e. The molecule has 2 aliphatic rings. The minimum absolute atomic E-state index is 0.330. The third-order valence-corrected chi connectivity index (χ3v) is 5.05. The van der Waals surface area contributed by atoms with Crippen molar-refractivity contribution in [2.24, 2.45) is 0 Å². The van der Waals surface area contributed by atoms with E-state index in [1.54, 1.807) is 0 Å². The maximum atomic E-state index is 4.64. The minimum atomic E-state index is 0.330. The summed E-state index contributed by atoms with van der Waals surface area (Å²) in [5.41, 5.74) is 1.34. The molecule has 0 amide bonds.